The molecule has 0 aliphatic rings. The van der Waals surface area contributed by atoms with Crippen molar-refractivity contribution in [2.24, 2.45) is 0 Å². The Labute approximate surface area is 178 Å². The summed E-state index contributed by atoms with van der Waals surface area (Å²) < 4.78 is 20.3. The van der Waals surface area contributed by atoms with Gasteiger partial charge in [-0.1, -0.05) is 54.6 Å². The Hall–Kier alpha value is -3.98. The molecule has 0 aliphatic heterocycles. The highest BCUT2D eigenvalue weighted by Crippen LogP contribution is 2.38. The fourth-order valence-electron chi connectivity index (χ4n) is 4.47. The van der Waals surface area contributed by atoms with Crippen LogP contribution in [0.25, 0.3) is 54.9 Å². The molecule has 0 saturated carbocycles. The number of pyridine rings is 1. The third-order valence-corrected chi connectivity index (χ3v) is 5.87. The van der Waals surface area contributed by atoms with Gasteiger partial charge in [-0.05, 0) is 59.2 Å². The highest BCUT2D eigenvalue weighted by molar-refractivity contribution is 6.12. The summed E-state index contributed by atoms with van der Waals surface area (Å²) in [5.74, 6) is 0.660. The van der Waals surface area contributed by atoms with Gasteiger partial charge in [0.2, 0.25) is 0 Å². The van der Waals surface area contributed by atoms with Crippen LogP contribution >= 0.6 is 0 Å². The van der Waals surface area contributed by atoms with Crippen molar-refractivity contribution in [1.82, 2.24) is 4.98 Å². The standard InChI is InChI=1S/C28H18FNO/c1-17-14-25-24(18-6-3-2-4-7-18)15-19(16-27(25)31-17)28-23-11-10-22-20(8-5-9-26(22)29)21(23)12-13-30-28/h2-16H,1H3. The largest absolute Gasteiger partial charge is 0.461 e. The third kappa shape index (κ3) is 2.82. The van der Waals surface area contributed by atoms with Gasteiger partial charge < -0.3 is 4.42 Å². The maximum atomic E-state index is 14.3. The summed E-state index contributed by atoms with van der Waals surface area (Å²) in [6, 6.07) is 27.6. The van der Waals surface area contributed by atoms with E-state index in [1.165, 1.54) is 6.07 Å². The van der Waals surface area contributed by atoms with E-state index in [0.29, 0.717) is 5.39 Å². The Bertz CT molecular complexity index is 1600. The molecule has 6 aromatic rings. The lowest BCUT2D eigenvalue weighted by Gasteiger charge is -2.11. The van der Waals surface area contributed by atoms with Gasteiger partial charge in [0.05, 0.1) is 5.69 Å². The van der Waals surface area contributed by atoms with Gasteiger partial charge in [0.1, 0.15) is 17.2 Å². The van der Waals surface area contributed by atoms with Crippen LogP contribution in [0.4, 0.5) is 4.39 Å². The minimum Gasteiger partial charge on any atom is -0.461 e. The van der Waals surface area contributed by atoms with Gasteiger partial charge in [-0.3, -0.25) is 4.98 Å². The Morgan fingerprint density at radius 2 is 1.48 bits per heavy atom. The van der Waals surface area contributed by atoms with Gasteiger partial charge in [0.25, 0.3) is 0 Å². The van der Waals surface area contributed by atoms with Crippen LogP contribution in [0.3, 0.4) is 0 Å². The first-order chi connectivity index (χ1) is 15.2. The zero-order chi connectivity index (χ0) is 20.9. The van der Waals surface area contributed by atoms with E-state index in [2.05, 4.69) is 24.3 Å². The van der Waals surface area contributed by atoms with E-state index in [4.69, 9.17) is 9.40 Å². The predicted octanol–water partition coefficient (Wildman–Crippen LogP) is 7.92. The van der Waals surface area contributed by atoms with Crippen molar-refractivity contribution < 1.29 is 8.81 Å². The molecule has 2 aromatic heterocycles. The molecule has 0 radical (unpaired) electrons. The molecule has 0 N–H and O–H groups in total. The van der Waals surface area contributed by atoms with Gasteiger partial charge in [0, 0.05) is 27.9 Å². The number of halogens is 1. The van der Waals surface area contributed by atoms with E-state index in [0.717, 1.165) is 55.3 Å². The molecule has 0 bridgehead atoms. The van der Waals surface area contributed by atoms with E-state index in [9.17, 15) is 4.39 Å². The molecule has 31 heavy (non-hydrogen) atoms. The van der Waals surface area contributed by atoms with Crippen molar-refractivity contribution >= 4 is 32.5 Å². The number of furan rings is 1. The fourth-order valence-corrected chi connectivity index (χ4v) is 4.47. The van der Waals surface area contributed by atoms with Crippen molar-refractivity contribution in [3.05, 3.63) is 103 Å². The molecule has 2 heterocycles. The lowest BCUT2D eigenvalue weighted by molar-refractivity contribution is 0.579. The number of hydrogen-bond donors (Lipinski definition) is 0. The lowest BCUT2D eigenvalue weighted by Crippen LogP contribution is -1.90. The number of hydrogen-bond acceptors (Lipinski definition) is 2. The van der Waals surface area contributed by atoms with E-state index in [1.54, 1.807) is 12.3 Å². The van der Waals surface area contributed by atoms with Crippen LogP contribution < -0.4 is 0 Å². The van der Waals surface area contributed by atoms with E-state index >= 15 is 0 Å². The molecule has 6 rings (SSSR count). The molecule has 0 atom stereocenters. The second kappa shape index (κ2) is 6.78. The molecule has 148 valence electrons. The summed E-state index contributed by atoms with van der Waals surface area (Å²) in [6.45, 7) is 1.96. The van der Waals surface area contributed by atoms with Crippen LogP contribution in [0.2, 0.25) is 0 Å². The molecule has 0 amide bonds. The number of nitrogens with zero attached hydrogens (tertiary/aromatic N) is 1. The topological polar surface area (TPSA) is 26.0 Å². The van der Waals surface area contributed by atoms with E-state index < -0.39 is 0 Å². The Balaban J connectivity index is 1.67. The van der Waals surface area contributed by atoms with Crippen LogP contribution in [0.1, 0.15) is 5.76 Å². The Morgan fingerprint density at radius 3 is 2.35 bits per heavy atom. The van der Waals surface area contributed by atoms with Crippen molar-refractivity contribution in [1.29, 1.82) is 0 Å². The van der Waals surface area contributed by atoms with Crippen LogP contribution in [0.15, 0.2) is 95.5 Å². The number of aryl methyl sites for hydroxylation is 1. The Kier molecular flexibility index (Phi) is 3.90. The number of fused-ring (bicyclic) bond motifs is 4. The molecule has 0 spiro atoms. The highest BCUT2D eigenvalue weighted by Gasteiger charge is 2.15. The molecule has 4 aromatic carbocycles. The highest BCUT2D eigenvalue weighted by atomic mass is 19.1. The minimum atomic E-state index is -0.211. The smallest absolute Gasteiger partial charge is 0.135 e. The average Bonchev–Trinajstić information content (AvgIpc) is 3.18. The molecule has 0 saturated heterocycles. The summed E-state index contributed by atoms with van der Waals surface area (Å²) in [5, 5.41) is 4.56. The zero-order valence-electron chi connectivity index (χ0n) is 16.9. The van der Waals surface area contributed by atoms with Crippen molar-refractivity contribution in [2.45, 2.75) is 6.92 Å². The first kappa shape index (κ1) is 17.8. The van der Waals surface area contributed by atoms with Gasteiger partial charge >= 0.3 is 0 Å². The summed E-state index contributed by atoms with van der Waals surface area (Å²) in [4.78, 5) is 4.72. The van der Waals surface area contributed by atoms with Crippen molar-refractivity contribution in [3.8, 4) is 22.4 Å². The average molecular weight is 403 g/mol. The van der Waals surface area contributed by atoms with Crippen LogP contribution in [-0.2, 0) is 0 Å². The number of rotatable bonds is 2. The quantitative estimate of drug-likeness (QED) is 0.275. The SMILES string of the molecule is Cc1cc2c(-c3ccccc3)cc(-c3nccc4c3ccc3c(F)cccc34)cc2o1. The summed E-state index contributed by atoms with van der Waals surface area (Å²) in [5.41, 5.74) is 4.90. The molecular formula is C28H18FNO. The molecule has 3 heteroatoms. The second-order valence-electron chi connectivity index (χ2n) is 7.81. The third-order valence-electron chi connectivity index (χ3n) is 5.87. The molecule has 0 fully saturated rings. The maximum Gasteiger partial charge on any atom is 0.135 e. The maximum absolute atomic E-state index is 14.3. The number of benzene rings is 4. The van der Waals surface area contributed by atoms with Crippen molar-refractivity contribution in [3.63, 3.8) is 0 Å². The fraction of sp³-hybridized carbons (Fsp3) is 0.0357. The van der Waals surface area contributed by atoms with E-state index in [-0.39, 0.29) is 5.82 Å². The summed E-state index contributed by atoms with van der Waals surface area (Å²) >= 11 is 0. The van der Waals surface area contributed by atoms with Gasteiger partial charge in [-0.2, -0.15) is 0 Å². The van der Waals surface area contributed by atoms with Crippen LogP contribution in [0, 0.1) is 12.7 Å². The predicted molar refractivity (Wildman–Crippen MR) is 125 cm³/mol. The molecule has 2 nitrogen and oxygen atoms in total. The van der Waals surface area contributed by atoms with Gasteiger partial charge in [0.15, 0.2) is 0 Å². The second-order valence-corrected chi connectivity index (χ2v) is 7.81. The first-order valence-electron chi connectivity index (χ1n) is 10.2. The van der Waals surface area contributed by atoms with Gasteiger partial charge in [-0.15, -0.1) is 0 Å². The normalized spacial score (nSPS) is 11.5. The number of aromatic nitrogens is 1. The Morgan fingerprint density at radius 1 is 0.677 bits per heavy atom. The van der Waals surface area contributed by atoms with Crippen molar-refractivity contribution in [2.75, 3.05) is 0 Å². The van der Waals surface area contributed by atoms with Crippen LogP contribution in [0.5, 0.6) is 0 Å². The zero-order valence-corrected chi connectivity index (χ0v) is 16.9. The van der Waals surface area contributed by atoms with Gasteiger partial charge in [-0.25, -0.2) is 4.39 Å². The lowest BCUT2D eigenvalue weighted by atomic mass is 9.94. The minimum absolute atomic E-state index is 0.211. The van der Waals surface area contributed by atoms with E-state index in [1.807, 2.05) is 55.5 Å². The van der Waals surface area contributed by atoms with Crippen LogP contribution in [-0.4, -0.2) is 4.98 Å². The monoisotopic (exact) mass is 403 g/mol. The molecule has 0 aliphatic carbocycles. The molecule has 0 unspecified atom stereocenters. The molecular weight excluding hydrogens is 385 g/mol. The first-order valence-corrected chi connectivity index (χ1v) is 10.2. The summed E-state index contributed by atoms with van der Waals surface area (Å²) in [6.07, 6.45) is 1.79. The summed E-state index contributed by atoms with van der Waals surface area (Å²) in [7, 11) is 0.